The maximum absolute atomic E-state index is 10.4. The van der Waals surface area contributed by atoms with Gasteiger partial charge in [-0.05, 0) is 71.4 Å². The summed E-state index contributed by atoms with van der Waals surface area (Å²) in [5.74, 6) is 0. The van der Waals surface area contributed by atoms with Gasteiger partial charge in [0, 0.05) is 27.8 Å². The van der Waals surface area contributed by atoms with Gasteiger partial charge in [0.05, 0.1) is 0 Å². The van der Waals surface area contributed by atoms with Crippen LogP contribution in [0.15, 0.2) is 53.0 Å². The Kier molecular flexibility index (Phi) is 11.3. The van der Waals surface area contributed by atoms with Crippen molar-refractivity contribution in [3.05, 3.63) is 64.1 Å². The molecule has 0 saturated carbocycles. The van der Waals surface area contributed by atoms with E-state index in [1.165, 1.54) is 24.0 Å². The molecule has 3 N–H and O–H groups in total. The molecule has 2 aromatic carbocycles. The largest absolute Gasteiger partial charge is 0.694 e. The first-order valence-corrected chi connectivity index (χ1v) is 11.6. The SMILES string of the molecule is O=[P+](O)OCCCNCc1ccc(NCCCCCc2ccccc2)c(Br)c1. The maximum atomic E-state index is 10.4. The van der Waals surface area contributed by atoms with Gasteiger partial charge in [0.2, 0.25) is 0 Å². The Morgan fingerprint density at radius 2 is 1.79 bits per heavy atom. The highest BCUT2D eigenvalue weighted by atomic mass is 79.9. The fourth-order valence-electron chi connectivity index (χ4n) is 2.88. The molecule has 0 aliphatic carbocycles. The summed E-state index contributed by atoms with van der Waals surface area (Å²) in [5.41, 5.74) is 3.72. The van der Waals surface area contributed by atoms with Crippen LogP contribution in [0.1, 0.15) is 36.8 Å². The van der Waals surface area contributed by atoms with Crippen LogP contribution in [0.4, 0.5) is 5.69 Å². The zero-order valence-electron chi connectivity index (χ0n) is 16.1. The van der Waals surface area contributed by atoms with E-state index in [1.807, 2.05) is 0 Å². The third kappa shape index (κ3) is 9.76. The van der Waals surface area contributed by atoms with E-state index < -0.39 is 8.25 Å². The molecule has 0 bridgehead atoms. The van der Waals surface area contributed by atoms with Crippen LogP contribution in [0.25, 0.3) is 0 Å². The Labute approximate surface area is 177 Å². The van der Waals surface area contributed by atoms with Crippen molar-refractivity contribution in [3.8, 4) is 0 Å². The van der Waals surface area contributed by atoms with Crippen LogP contribution < -0.4 is 10.6 Å². The van der Waals surface area contributed by atoms with Gasteiger partial charge in [-0.25, -0.2) is 0 Å². The molecule has 0 fully saturated rings. The lowest BCUT2D eigenvalue weighted by Crippen LogP contribution is -2.16. The number of halogens is 1. The van der Waals surface area contributed by atoms with Gasteiger partial charge in [-0.15, -0.1) is 9.42 Å². The molecule has 152 valence electrons. The van der Waals surface area contributed by atoms with Crippen LogP contribution in [0.3, 0.4) is 0 Å². The Morgan fingerprint density at radius 3 is 2.54 bits per heavy atom. The minimum absolute atomic E-state index is 0.288. The highest BCUT2D eigenvalue weighted by molar-refractivity contribution is 9.10. The quantitative estimate of drug-likeness (QED) is 0.255. The predicted octanol–water partition coefficient (Wildman–Crippen LogP) is 5.42. The smallest absolute Gasteiger partial charge is 0.384 e. The van der Waals surface area contributed by atoms with Crippen molar-refractivity contribution >= 4 is 29.9 Å². The van der Waals surface area contributed by atoms with Crippen LogP contribution in [0, 0.1) is 0 Å². The molecule has 2 rings (SSSR count). The molecule has 0 radical (unpaired) electrons. The summed E-state index contributed by atoms with van der Waals surface area (Å²) >= 11 is 3.64. The monoisotopic (exact) mass is 467 g/mol. The van der Waals surface area contributed by atoms with E-state index in [1.54, 1.807) is 0 Å². The van der Waals surface area contributed by atoms with E-state index in [0.717, 1.165) is 42.6 Å². The van der Waals surface area contributed by atoms with Crippen molar-refractivity contribution in [2.45, 2.75) is 38.6 Å². The Balaban J connectivity index is 1.58. The normalized spacial score (nSPS) is 11.4. The molecule has 0 aliphatic heterocycles. The van der Waals surface area contributed by atoms with Gasteiger partial charge < -0.3 is 10.6 Å². The molecule has 0 aromatic heterocycles. The number of rotatable bonds is 14. The van der Waals surface area contributed by atoms with Gasteiger partial charge in [0.25, 0.3) is 0 Å². The molecule has 0 amide bonds. The summed E-state index contributed by atoms with van der Waals surface area (Å²) in [6.45, 7) is 2.75. The zero-order valence-corrected chi connectivity index (χ0v) is 18.6. The zero-order chi connectivity index (χ0) is 20.0. The van der Waals surface area contributed by atoms with E-state index in [9.17, 15) is 4.57 Å². The molecular weight excluding hydrogens is 439 g/mol. The minimum atomic E-state index is -2.48. The van der Waals surface area contributed by atoms with Crippen molar-refractivity contribution in [2.24, 2.45) is 0 Å². The van der Waals surface area contributed by atoms with E-state index in [0.29, 0.717) is 6.42 Å². The minimum Gasteiger partial charge on any atom is -0.384 e. The number of unbranched alkanes of at least 4 members (excludes halogenated alkanes) is 2. The summed E-state index contributed by atoms with van der Waals surface area (Å²) in [6, 6.07) is 17.0. The van der Waals surface area contributed by atoms with E-state index in [2.05, 4.69) is 79.6 Å². The summed E-state index contributed by atoms with van der Waals surface area (Å²) in [5, 5.41) is 6.80. The van der Waals surface area contributed by atoms with E-state index in [-0.39, 0.29) is 6.61 Å². The van der Waals surface area contributed by atoms with Crippen molar-refractivity contribution in [1.82, 2.24) is 5.32 Å². The van der Waals surface area contributed by atoms with Gasteiger partial charge in [0.15, 0.2) is 0 Å². The number of hydrogen-bond donors (Lipinski definition) is 3. The topological polar surface area (TPSA) is 70.6 Å². The lowest BCUT2D eigenvalue weighted by molar-refractivity contribution is 0.276. The van der Waals surface area contributed by atoms with Crippen LogP contribution >= 0.6 is 24.2 Å². The second-order valence-corrected chi connectivity index (χ2v) is 8.23. The number of hydrogen-bond acceptors (Lipinski definition) is 4. The summed E-state index contributed by atoms with van der Waals surface area (Å²) in [7, 11) is -2.48. The van der Waals surface area contributed by atoms with E-state index in [4.69, 9.17) is 4.89 Å². The molecule has 28 heavy (non-hydrogen) atoms. The first kappa shape index (κ1) is 23.0. The van der Waals surface area contributed by atoms with Crippen LogP contribution in [-0.2, 0) is 22.1 Å². The van der Waals surface area contributed by atoms with E-state index >= 15 is 0 Å². The highest BCUT2D eigenvalue weighted by Gasteiger charge is 2.10. The first-order chi connectivity index (χ1) is 13.6. The highest BCUT2D eigenvalue weighted by Crippen LogP contribution is 2.24. The van der Waals surface area contributed by atoms with Crippen molar-refractivity contribution in [1.29, 1.82) is 0 Å². The van der Waals surface area contributed by atoms with Gasteiger partial charge in [0.1, 0.15) is 6.61 Å². The Morgan fingerprint density at radius 1 is 0.964 bits per heavy atom. The van der Waals surface area contributed by atoms with Crippen LogP contribution in [0.5, 0.6) is 0 Å². The fraction of sp³-hybridized carbons (Fsp3) is 0.429. The molecule has 7 heteroatoms. The molecule has 0 saturated heterocycles. The fourth-order valence-corrected chi connectivity index (χ4v) is 3.73. The molecular formula is C21H29BrN2O3P+. The molecule has 1 atom stereocenters. The average molecular weight is 468 g/mol. The van der Waals surface area contributed by atoms with Gasteiger partial charge in [-0.2, -0.15) is 0 Å². The van der Waals surface area contributed by atoms with Crippen LogP contribution in [0.2, 0.25) is 0 Å². The lowest BCUT2D eigenvalue weighted by atomic mass is 10.1. The summed E-state index contributed by atoms with van der Waals surface area (Å²) in [6.07, 6.45) is 5.45. The Bertz CT molecular complexity index is 716. The van der Waals surface area contributed by atoms with Crippen molar-refractivity contribution in [2.75, 3.05) is 25.0 Å². The number of anilines is 1. The average Bonchev–Trinajstić information content (AvgIpc) is 2.69. The number of benzene rings is 2. The second kappa shape index (κ2) is 13.8. The molecule has 2 aromatic rings. The third-order valence-corrected chi connectivity index (χ3v) is 5.42. The second-order valence-electron chi connectivity index (χ2n) is 6.64. The third-order valence-electron chi connectivity index (χ3n) is 4.36. The maximum Gasteiger partial charge on any atom is 0.694 e. The molecule has 5 nitrogen and oxygen atoms in total. The van der Waals surface area contributed by atoms with Crippen LogP contribution in [-0.4, -0.2) is 24.6 Å². The number of aryl methyl sites for hydroxylation is 1. The lowest BCUT2D eigenvalue weighted by Gasteiger charge is -2.11. The molecule has 1 unspecified atom stereocenters. The van der Waals surface area contributed by atoms with Gasteiger partial charge in [-0.3, -0.25) is 0 Å². The predicted molar refractivity (Wildman–Crippen MR) is 119 cm³/mol. The molecule has 0 aliphatic rings. The van der Waals surface area contributed by atoms with Gasteiger partial charge in [-0.1, -0.05) is 42.8 Å². The van der Waals surface area contributed by atoms with Gasteiger partial charge >= 0.3 is 8.25 Å². The molecule has 0 heterocycles. The number of nitrogens with one attached hydrogen (secondary N) is 2. The standard InChI is InChI=1S/C21H28BrN2O3P/c22-20-16-19(17-23-13-7-15-27-28(25)26)11-12-21(20)24-14-6-2-5-10-18-8-3-1-4-9-18/h1,3-4,8-9,11-12,16,23-24H,2,5-7,10,13-15,17H2/p+1. The summed E-state index contributed by atoms with van der Waals surface area (Å²) in [4.78, 5) is 8.55. The van der Waals surface area contributed by atoms with Crippen molar-refractivity contribution < 1.29 is 14.0 Å². The first-order valence-electron chi connectivity index (χ1n) is 9.71. The Hall–Kier alpha value is -1.30. The van der Waals surface area contributed by atoms with Crippen molar-refractivity contribution in [3.63, 3.8) is 0 Å². The summed E-state index contributed by atoms with van der Waals surface area (Å²) < 4.78 is 16.1. The molecule has 0 spiro atoms.